The second-order valence-corrected chi connectivity index (χ2v) is 5.00. The van der Waals surface area contributed by atoms with E-state index >= 15 is 0 Å². The average Bonchev–Trinajstić information content (AvgIpc) is 2.48. The maximum atomic E-state index is 12.4. The van der Waals surface area contributed by atoms with Crippen LogP contribution in [0, 0.1) is 6.92 Å². The molecule has 0 aliphatic heterocycles. The van der Waals surface area contributed by atoms with Crippen molar-refractivity contribution in [3.8, 4) is 0 Å². The highest BCUT2D eigenvalue weighted by Gasteiger charge is 2.13. The van der Waals surface area contributed by atoms with Crippen LogP contribution < -0.4 is 5.73 Å². The van der Waals surface area contributed by atoms with E-state index in [2.05, 4.69) is 0 Å². The average molecular weight is 268 g/mol. The van der Waals surface area contributed by atoms with Gasteiger partial charge in [0.2, 0.25) is 0 Å². The van der Waals surface area contributed by atoms with E-state index in [-0.39, 0.29) is 5.91 Å². The lowest BCUT2D eigenvalue weighted by Crippen LogP contribution is -2.26. The molecular weight excluding hydrogens is 248 g/mol. The third-order valence-corrected chi connectivity index (χ3v) is 3.40. The van der Waals surface area contributed by atoms with Crippen LogP contribution in [0.25, 0.3) is 0 Å². The Hall–Kier alpha value is -2.13. The van der Waals surface area contributed by atoms with Gasteiger partial charge in [-0.1, -0.05) is 42.5 Å². The van der Waals surface area contributed by atoms with Crippen molar-refractivity contribution in [1.29, 1.82) is 0 Å². The largest absolute Gasteiger partial charge is 0.337 e. The summed E-state index contributed by atoms with van der Waals surface area (Å²) in [5.74, 6) is 0.0472. The molecule has 0 saturated heterocycles. The van der Waals surface area contributed by atoms with Gasteiger partial charge in [-0.15, -0.1) is 0 Å². The van der Waals surface area contributed by atoms with Crippen molar-refractivity contribution in [2.24, 2.45) is 5.73 Å². The predicted molar refractivity (Wildman–Crippen MR) is 81.3 cm³/mol. The van der Waals surface area contributed by atoms with Gasteiger partial charge < -0.3 is 10.6 Å². The van der Waals surface area contributed by atoms with Crippen LogP contribution >= 0.6 is 0 Å². The molecule has 2 aromatic rings. The molecule has 0 aliphatic rings. The molecule has 3 heteroatoms. The Labute approximate surface area is 120 Å². The molecular formula is C17H20N2O. The summed E-state index contributed by atoms with van der Waals surface area (Å²) in [7, 11) is 1.83. The summed E-state index contributed by atoms with van der Waals surface area (Å²) in [4.78, 5) is 14.1. The summed E-state index contributed by atoms with van der Waals surface area (Å²) in [6, 6.07) is 15.7. The lowest BCUT2D eigenvalue weighted by atomic mass is 10.1. The standard InChI is InChI=1S/C17H20N2O/c1-13-5-3-4-6-16(13)17(20)19(2)12-15-9-7-14(11-18)8-10-15/h3-10H,11-12,18H2,1-2H3. The summed E-state index contributed by atoms with van der Waals surface area (Å²) in [6.07, 6.45) is 0. The van der Waals surface area contributed by atoms with Crippen molar-refractivity contribution in [2.45, 2.75) is 20.0 Å². The number of nitrogens with zero attached hydrogens (tertiary/aromatic N) is 1. The van der Waals surface area contributed by atoms with Crippen molar-refractivity contribution in [3.63, 3.8) is 0 Å². The van der Waals surface area contributed by atoms with Crippen LogP contribution in [-0.2, 0) is 13.1 Å². The van der Waals surface area contributed by atoms with Crippen LogP contribution in [0.3, 0.4) is 0 Å². The van der Waals surface area contributed by atoms with Crippen molar-refractivity contribution < 1.29 is 4.79 Å². The van der Waals surface area contributed by atoms with Gasteiger partial charge in [-0.2, -0.15) is 0 Å². The Morgan fingerprint density at radius 1 is 1.05 bits per heavy atom. The number of benzene rings is 2. The third kappa shape index (κ3) is 3.25. The molecule has 3 nitrogen and oxygen atoms in total. The zero-order valence-corrected chi connectivity index (χ0v) is 12.0. The minimum absolute atomic E-state index is 0.0472. The fourth-order valence-corrected chi connectivity index (χ4v) is 2.14. The predicted octanol–water partition coefficient (Wildman–Crippen LogP) is 2.73. The molecule has 0 spiro atoms. The molecule has 0 aliphatic carbocycles. The summed E-state index contributed by atoms with van der Waals surface area (Å²) in [6.45, 7) is 3.09. The highest BCUT2D eigenvalue weighted by atomic mass is 16.2. The highest BCUT2D eigenvalue weighted by Crippen LogP contribution is 2.12. The van der Waals surface area contributed by atoms with E-state index < -0.39 is 0 Å². The molecule has 0 heterocycles. The van der Waals surface area contributed by atoms with Crippen LogP contribution in [0.2, 0.25) is 0 Å². The minimum atomic E-state index is 0.0472. The first-order valence-corrected chi connectivity index (χ1v) is 6.71. The molecule has 104 valence electrons. The first kappa shape index (κ1) is 14.3. The monoisotopic (exact) mass is 268 g/mol. The molecule has 0 saturated carbocycles. The van der Waals surface area contributed by atoms with E-state index in [0.717, 1.165) is 22.3 Å². The van der Waals surface area contributed by atoms with Gasteiger partial charge in [0, 0.05) is 25.7 Å². The molecule has 2 rings (SSSR count). The topological polar surface area (TPSA) is 46.3 Å². The van der Waals surface area contributed by atoms with Gasteiger partial charge in [-0.05, 0) is 29.7 Å². The number of hydrogen-bond acceptors (Lipinski definition) is 2. The number of amides is 1. The number of carbonyl (C=O) groups is 1. The maximum Gasteiger partial charge on any atom is 0.254 e. The molecule has 0 atom stereocenters. The lowest BCUT2D eigenvalue weighted by molar-refractivity contribution is 0.0784. The number of rotatable bonds is 4. The van der Waals surface area contributed by atoms with E-state index in [1.807, 2.05) is 62.5 Å². The molecule has 0 aromatic heterocycles. The van der Waals surface area contributed by atoms with E-state index in [9.17, 15) is 4.79 Å². The Morgan fingerprint density at radius 3 is 2.25 bits per heavy atom. The van der Waals surface area contributed by atoms with Crippen molar-refractivity contribution in [2.75, 3.05) is 7.05 Å². The molecule has 0 bridgehead atoms. The fraction of sp³-hybridized carbons (Fsp3) is 0.235. The second kappa shape index (κ2) is 6.35. The van der Waals surface area contributed by atoms with Gasteiger partial charge in [-0.25, -0.2) is 0 Å². The van der Waals surface area contributed by atoms with Gasteiger partial charge >= 0.3 is 0 Å². The second-order valence-electron chi connectivity index (χ2n) is 5.00. The number of aryl methyl sites for hydroxylation is 1. The van der Waals surface area contributed by atoms with E-state index in [1.54, 1.807) is 4.90 Å². The lowest BCUT2D eigenvalue weighted by Gasteiger charge is -2.18. The van der Waals surface area contributed by atoms with Gasteiger partial charge in [-0.3, -0.25) is 4.79 Å². The maximum absolute atomic E-state index is 12.4. The molecule has 2 aromatic carbocycles. The van der Waals surface area contributed by atoms with Crippen LogP contribution in [0.15, 0.2) is 48.5 Å². The summed E-state index contributed by atoms with van der Waals surface area (Å²) < 4.78 is 0. The van der Waals surface area contributed by atoms with Crippen molar-refractivity contribution in [1.82, 2.24) is 4.90 Å². The van der Waals surface area contributed by atoms with Crippen molar-refractivity contribution in [3.05, 3.63) is 70.8 Å². The molecule has 2 N–H and O–H groups in total. The molecule has 20 heavy (non-hydrogen) atoms. The van der Waals surface area contributed by atoms with Gasteiger partial charge in [0.1, 0.15) is 0 Å². The third-order valence-electron chi connectivity index (χ3n) is 3.40. The molecule has 0 unspecified atom stereocenters. The normalized spacial score (nSPS) is 10.3. The summed E-state index contributed by atoms with van der Waals surface area (Å²) in [5, 5.41) is 0. The van der Waals surface area contributed by atoms with Crippen LogP contribution in [0.1, 0.15) is 27.0 Å². The smallest absolute Gasteiger partial charge is 0.254 e. The number of nitrogens with two attached hydrogens (primary N) is 1. The van der Waals surface area contributed by atoms with E-state index in [0.29, 0.717) is 13.1 Å². The minimum Gasteiger partial charge on any atom is -0.337 e. The summed E-state index contributed by atoms with van der Waals surface area (Å²) in [5.41, 5.74) is 9.54. The molecule has 0 radical (unpaired) electrons. The Morgan fingerprint density at radius 2 is 1.65 bits per heavy atom. The Balaban J connectivity index is 2.09. The quantitative estimate of drug-likeness (QED) is 0.926. The molecule has 1 amide bonds. The summed E-state index contributed by atoms with van der Waals surface area (Å²) >= 11 is 0. The van der Waals surface area contributed by atoms with Crippen LogP contribution in [-0.4, -0.2) is 17.9 Å². The van der Waals surface area contributed by atoms with Crippen molar-refractivity contribution >= 4 is 5.91 Å². The SMILES string of the molecule is Cc1ccccc1C(=O)N(C)Cc1ccc(CN)cc1. The van der Waals surface area contributed by atoms with Gasteiger partial charge in [0.25, 0.3) is 5.91 Å². The fourth-order valence-electron chi connectivity index (χ4n) is 2.14. The number of carbonyl (C=O) groups excluding carboxylic acids is 1. The van der Waals surface area contributed by atoms with Gasteiger partial charge in [0.05, 0.1) is 0 Å². The van der Waals surface area contributed by atoms with E-state index in [1.165, 1.54) is 0 Å². The van der Waals surface area contributed by atoms with Crippen LogP contribution in [0.5, 0.6) is 0 Å². The Bertz CT molecular complexity index is 590. The van der Waals surface area contributed by atoms with Crippen LogP contribution in [0.4, 0.5) is 0 Å². The number of hydrogen-bond donors (Lipinski definition) is 1. The first-order valence-electron chi connectivity index (χ1n) is 6.71. The van der Waals surface area contributed by atoms with E-state index in [4.69, 9.17) is 5.73 Å². The zero-order chi connectivity index (χ0) is 14.5. The van der Waals surface area contributed by atoms with Gasteiger partial charge in [0.15, 0.2) is 0 Å². The zero-order valence-electron chi connectivity index (χ0n) is 12.0. The first-order chi connectivity index (χ1) is 9.61. The highest BCUT2D eigenvalue weighted by molar-refractivity contribution is 5.95. The molecule has 0 fully saturated rings. The Kier molecular flexibility index (Phi) is 4.53.